The van der Waals surface area contributed by atoms with Crippen LogP contribution in [-0.2, 0) is 14.9 Å². The fourth-order valence-electron chi connectivity index (χ4n) is 3.97. The largest absolute Gasteiger partial charge is 0.358 e. The molecule has 0 bridgehead atoms. The van der Waals surface area contributed by atoms with E-state index >= 15 is 0 Å². The fourth-order valence-corrected chi connectivity index (χ4v) is 4.70. The smallest absolute Gasteiger partial charge is 0.278 e. The summed E-state index contributed by atoms with van der Waals surface area (Å²) in [6, 6.07) is 2.93. The van der Waals surface area contributed by atoms with Crippen molar-refractivity contribution in [2.75, 3.05) is 30.5 Å². The zero-order valence-electron chi connectivity index (χ0n) is 22.2. The molecule has 13 heteroatoms. The van der Waals surface area contributed by atoms with Crippen LogP contribution >= 0.6 is 0 Å². The number of allylic oxidation sites excluding steroid dienone is 2. The molecule has 1 atom stereocenters. The summed E-state index contributed by atoms with van der Waals surface area (Å²) in [4.78, 5) is 30.8. The van der Waals surface area contributed by atoms with Gasteiger partial charge in [-0.05, 0) is 45.6 Å². The summed E-state index contributed by atoms with van der Waals surface area (Å²) < 4.78 is 39.9. The predicted octanol–water partition coefficient (Wildman–Crippen LogP) is 3.75. The molecule has 0 spiro atoms. The number of rotatable bonds is 13. The molecule has 38 heavy (non-hydrogen) atoms. The summed E-state index contributed by atoms with van der Waals surface area (Å²) in [6.45, 7) is 8.91. The summed E-state index contributed by atoms with van der Waals surface area (Å²) in [7, 11) is -1.97. The van der Waals surface area contributed by atoms with Crippen molar-refractivity contribution >= 4 is 33.3 Å². The molecule has 1 saturated carbocycles. The van der Waals surface area contributed by atoms with Gasteiger partial charge in [-0.25, -0.2) is 37.5 Å². The average Bonchev–Trinajstić information content (AvgIpc) is 3.64. The lowest BCUT2D eigenvalue weighted by Crippen LogP contribution is -2.38. The first kappa shape index (κ1) is 29.1. The third kappa shape index (κ3) is 8.30. The van der Waals surface area contributed by atoms with E-state index in [1.165, 1.54) is 23.6 Å². The Balaban J connectivity index is 1.98. The van der Waals surface area contributed by atoms with Crippen molar-refractivity contribution < 1.29 is 22.4 Å². The van der Waals surface area contributed by atoms with E-state index in [0.29, 0.717) is 28.8 Å². The first-order chi connectivity index (χ1) is 17.9. The van der Waals surface area contributed by atoms with Crippen LogP contribution in [0.25, 0.3) is 0 Å². The molecular formula is C25H34FN7O4S. The number of nitrogens with zero attached hydrogens (tertiary/aromatic N) is 4. The van der Waals surface area contributed by atoms with E-state index in [1.807, 2.05) is 6.92 Å². The number of sulfonamides is 1. The maximum Gasteiger partial charge on any atom is 0.278 e. The van der Waals surface area contributed by atoms with Crippen LogP contribution in [0.2, 0.25) is 0 Å². The minimum atomic E-state index is -3.48. The van der Waals surface area contributed by atoms with Crippen LogP contribution in [0.3, 0.4) is 0 Å². The third-order valence-corrected chi connectivity index (χ3v) is 7.21. The van der Waals surface area contributed by atoms with E-state index in [1.54, 1.807) is 26.0 Å². The Morgan fingerprint density at radius 1 is 1.29 bits per heavy atom. The van der Waals surface area contributed by atoms with Crippen LogP contribution in [0.5, 0.6) is 0 Å². The van der Waals surface area contributed by atoms with Gasteiger partial charge >= 0.3 is 0 Å². The lowest BCUT2D eigenvalue weighted by molar-refractivity contribution is 0.0365. The summed E-state index contributed by atoms with van der Waals surface area (Å²) >= 11 is 0. The van der Waals surface area contributed by atoms with E-state index in [0.717, 1.165) is 24.8 Å². The number of amides is 1. The van der Waals surface area contributed by atoms with Gasteiger partial charge in [-0.15, -0.1) is 0 Å². The van der Waals surface area contributed by atoms with Gasteiger partial charge in [0.15, 0.2) is 0 Å². The third-order valence-electron chi connectivity index (χ3n) is 5.89. The number of nitrogens with one attached hydrogen (secondary N) is 3. The van der Waals surface area contributed by atoms with E-state index < -0.39 is 27.8 Å². The van der Waals surface area contributed by atoms with E-state index in [4.69, 9.17) is 4.84 Å². The molecule has 0 aromatic carbocycles. The van der Waals surface area contributed by atoms with Crippen LogP contribution in [0.15, 0.2) is 42.5 Å². The summed E-state index contributed by atoms with van der Waals surface area (Å²) in [5.41, 5.74) is 3.88. The Hall–Kier alpha value is -3.42. The van der Waals surface area contributed by atoms with Gasteiger partial charge in [0.2, 0.25) is 10.0 Å². The minimum Gasteiger partial charge on any atom is -0.358 e. The van der Waals surface area contributed by atoms with Gasteiger partial charge in [0.25, 0.3) is 5.91 Å². The second-order valence-electron chi connectivity index (χ2n) is 9.18. The Morgan fingerprint density at radius 3 is 2.58 bits per heavy atom. The van der Waals surface area contributed by atoms with Gasteiger partial charge in [0, 0.05) is 49.2 Å². The van der Waals surface area contributed by atoms with Crippen molar-refractivity contribution in [3.05, 3.63) is 59.6 Å². The van der Waals surface area contributed by atoms with Crippen LogP contribution in [0.1, 0.15) is 48.1 Å². The highest BCUT2D eigenvalue weighted by molar-refractivity contribution is 7.88. The maximum atomic E-state index is 14.0. The number of hydrogen-bond donors (Lipinski definition) is 3. The number of hydrogen-bond acceptors (Lipinski definition) is 9. The number of aromatic nitrogens is 3. The number of hydroxylamine groups is 1. The lowest BCUT2D eigenvalue weighted by atomic mass is 10.1. The highest BCUT2D eigenvalue weighted by atomic mass is 32.2. The van der Waals surface area contributed by atoms with Crippen molar-refractivity contribution in [3.63, 3.8) is 0 Å². The molecule has 1 aliphatic rings. The molecule has 1 aliphatic carbocycles. The molecule has 1 amide bonds. The number of anilines is 3. The quantitative estimate of drug-likeness (QED) is 0.253. The van der Waals surface area contributed by atoms with Crippen molar-refractivity contribution in [3.8, 4) is 0 Å². The molecule has 2 aromatic heterocycles. The zero-order valence-corrected chi connectivity index (χ0v) is 23.0. The Kier molecular flexibility index (Phi) is 9.52. The summed E-state index contributed by atoms with van der Waals surface area (Å²) in [5, 5.41) is 6.21. The number of carbonyl (C=O) groups excluding carboxylic acids is 1. The zero-order chi connectivity index (χ0) is 28.0. The molecule has 3 rings (SSSR count). The van der Waals surface area contributed by atoms with Crippen molar-refractivity contribution in [1.82, 2.24) is 24.7 Å². The van der Waals surface area contributed by atoms with Crippen LogP contribution in [0.4, 0.5) is 21.7 Å². The average molecular weight is 548 g/mol. The molecule has 2 heterocycles. The van der Waals surface area contributed by atoms with Gasteiger partial charge in [0.1, 0.15) is 23.3 Å². The first-order valence-electron chi connectivity index (χ1n) is 12.1. The van der Waals surface area contributed by atoms with Crippen LogP contribution < -0.4 is 16.1 Å². The van der Waals surface area contributed by atoms with Gasteiger partial charge in [0.05, 0.1) is 24.1 Å². The standard InChI is InChI=1S/C25H34FN7O4S/c1-7-37-32-25(34)20-14-27-23(31-24-11-16(3)28-17(4)29-24)13-21(20)30-19(10-15(2)26)12-22(18-8-9-18)33(5)38(6,35)36/h10-11,13-14,18,22H,2,7-9,12H2,1,3-6H3,(H,32,34)(H2,27,28,29,30,31)/b19-10+. The Labute approximate surface area is 222 Å². The SMILES string of the molecule is C=C(F)/C=C(\CC(C1CC1)N(C)S(C)(=O)=O)Nc1cc(Nc2cc(C)nc(C)n2)ncc1C(=O)NOCC. The van der Waals surface area contributed by atoms with Crippen molar-refractivity contribution in [2.24, 2.45) is 5.92 Å². The molecular weight excluding hydrogens is 513 g/mol. The highest BCUT2D eigenvalue weighted by Gasteiger charge is 2.37. The van der Waals surface area contributed by atoms with E-state index in [-0.39, 0.29) is 24.5 Å². The van der Waals surface area contributed by atoms with Gasteiger partial charge in [-0.3, -0.25) is 9.63 Å². The first-order valence-corrected chi connectivity index (χ1v) is 14.0. The number of halogens is 1. The van der Waals surface area contributed by atoms with Crippen molar-refractivity contribution in [1.29, 1.82) is 0 Å². The van der Waals surface area contributed by atoms with Gasteiger partial charge < -0.3 is 10.6 Å². The lowest BCUT2D eigenvalue weighted by Gasteiger charge is -2.28. The van der Waals surface area contributed by atoms with Gasteiger partial charge in [-0.2, -0.15) is 0 Å². The monoisotopic (exact) mass is 547 g/mol. The molecule has 3 N–H and O–H groups in total. The molecule has 0 radical (unpaired) electrons. The number of carbonyl (C=O) groups is 1. The Morgan fingerprint density at radius 2 is 2.00 bits per heavy atom. The predicted molar refractivity (Wildman–Crippen MR) is 144 cm³/mol. The van der Waals surface area contributed by atoms with Crippen molar-refractivity contribution in [2.45, 2.75) is 46.1 Å². The minimum absolute atomic E-state index is 0.133. The second kappa shape index (κ2) is 12.4. The summed E-state index contributed by atoms with van der Waals surface area (Å²) in [5.74, 6) is 0.315. The van der Waals surface area contributed by atoms with E-state index in [9.17, 15) is 17.6 Å². The maximum absolute atomic E-state index is 14.0. The normalized spacial score (nSPS) is 14.8. The molecule has 1 unspecified atom stereocenters. The van der Waals surface area contributed by atoms with Gasteiger partial charge in [-0.1, -0.05) is 6.58 Å². The molecule has 11 nitrogen and oxygen atoms in total. The highest BCUT2D eigenvalue weighted by Crippen LogP contribution is 2.39. The number of pyridine rings is 1. The molecule has 2 aromatic rings. The Bertz CT molecular complexity index is 1310. The van der Waals surface area contributed by atoms with E-state index in [2.05, 4.69) is 37.6 Å². The molecule has 0 aliphatic heterocycles. The molecule has 0 saturated heterocycles. The summed E-state index contributed by atoms with van der Waals surface area (Å²) in [6.07, 6.45) is 5.61. The second-order valence-corrected chi connectivity index (χ2v) is 11.2. The fraction of sp³-hybridized carbons (Fsp3) is 0.440. The number of aryl methyl sites for hydroxylation is 2. The van der Waals surface area contributed by atoms with Crippen LogP contribution in [-0.4, -0.2) is 59.5 Å². The topological polar surface area (TPSA) is 138 Å². The molecule has 206 valence electrons. The van der Waals surface area contributed by atoms with Crippen LogP contribution in [0, 0.1) is 19.8 Å². The molecule has 1 fully saturated rings.